The van der Waals surface area contributed by atoms with Crippen LogP contribution < -0.4 is 0 Å². The minimum Gasteiger partial charge on any atom is -0.333 e. The van der Waals surface area contributed by atoms with Crippen LogP contribution in [0.1, 0.15) is 31.1 Å². The number of benzene rings is 2. The first kappa shape index (κ1) is 14.1. The molecule has 24 heavy (non-hydrogen) atoms. The van der Waals surface area contributed by atoms with Crippen molar-refractivity contribution in [2.45, 2.75) is 0 Å². The lowest BCUT2D eigenvalue weighted by atomic mass is 10.1. The molecule has 0 bridgehead atoms. The Morgan fingerprint density at radius 2 is 1.67 bits per heavy atom. The molecule has 2 amide bonds. The number of nitrogens with zero attached hydrogens (tertiary/aromatic N) is 3. The summed E-state index contributed by atoms with van der Waals surface area (Å²) in [7, 11) is 1.74. The van der Waals surface area contributed by atoms with Gasteiger partial charge in [-0.05, 0) is 24.3 Å². The van der Waals surface area contributed by atoms with Crippen LogP contribution >= 0.6 is 0 Å². The fraction of sp³-hybridized carbons (Fsp3) is 0.0588. The lowest BCUT2D eigenvalue weighted by Crippen LogP contribution is -2.32. The van der Waals surface area contributed by atoms with E-state index in [0.29, 0.717) is 16.1 Å². The van der Waals surface area contributed by atoms with Crippen molar-refractivity contribution in [2.75, 3.05) is 0 Å². The number of fused-ring (bicyclic) bond motifs is 2. The standard InChI is InChI=1S/C17H11N3O4/c1-19-9-18-13-8-4-7-12(14(13)19)17(23)24-20-15(21)10-5-2-3-6-11(10)16(20)22/h2-9H,1H3. The molecule has 0 spiro atoms. The van der Waals surface area contributed by atoms with Gasteiger partial charge in [0.15, 0.2) is 0 Å². The summed E-state index contributed by atoms with van der Waals surface area (Å²) < 4.78 is 1.67. The van der Waals surface area contributed by atoms with Crippen LogP contribution in [0.5, 0.6) is 0 Å². The average Bonchev–Trinajstić information content (AvgIpc) is 3.09. The molecule has 2 aromatic carbocycles. The highest BCUT2D eigenvalue weighted by Gasteiger charge is 2.39. The summed E-state index contributed by atoms with van der Waals surface area (Å²) in [5.74, 6) is -2.10. The fourth-order valence-corrected chi connectivity index (χ4v) is 2.76. The lowest BCUT2D eigenvalue weighted by molar-refractivity contribution is -0.0583. The van der Waals surface area contributed by atoms with Crippen LogP contribution in [-0.4, -0.2) is 32.4 Å². The Balaban J connectivity index is 1.69. The van der Waals surface area contributed by atoms with E-state index in [2.05, 4.69) is 4.98 Å². The van der Waals surface area contributed by atoms with Gasteiger partial charge in [0, 0.05) is 7.05 Å². The number of carbonyl (C=O) groups excluding carboxylic acids is 3. The van der Waals surface area contributed by atoms with Crippen molar-refractivity contribution in [3.05, 3.63) is 65.5 Å². The molecule has 3 aromatic rings. The van der Waals surface area contributed by atoms with Gasteiger partial charge in [0.2, 0.25) is 0 Å². The maximum absolute atomic E-state index is 12.5. The zero-order valence-electron chi connectivity index (χ0n) is 12.6. The molecule has 0 saturated carbocycles. The van der Waals surface area contributed by atoms with Crippen molar-refractivity contribution in [1.82, 2.24) is 14.6 Å². The summed E-state index contributed by atoms with van der Waals surface area (Å²) in [6, 6.07) is 11.3. The molecule has 0 radical (unpaired) electrons. The molecule has 0 unspecified atom stereocenters. The molecule has 2 heterocycles. The van der Waals surface area contributed by atoms with Crippen LogP contribution in [0.25, 0.3) is 11.0 Å². The smallest absolute Gasteiger partial charge is 0.333 e. The predicted molar refractivity (Wildman–Crippen MR) is 83.1 cm³/mol. The number of aryl methyl sites for hydroxylation is 1. The van der Waals surface area contributed by atoms with Crippen LogP contribution in [0.2, 0.25) is 0 Å². The van der Waals surface area contributed by atoms with Crippen LogP contribution in [-0.2, 0) is 11.9 Å². The van der Waals surface area contributed by atoms with Gasteiger partial charge in [-0.3, -0.25) is 9.59 Å². The minimum atomic E-state index is -0.793. The third kappa shape index (κ3) is 1.91. The van der Waals surface area contributed by atoms with Gasteiger partial charge in [0.25, 0.3) is 11.8 Å². The van der Waals surface area contributed by atoms with Gasteiger partial charge in [-0.1, -0.05) is 23.3 Å². The molecule has 0 atom stereocenters. The van der Waals surface area contributed by atoms with Gasteiger partial charge in [-0.15, -0.1) is 0 Å². The molecule has 7 heteroatoms. The van der Waals surface area contributed by atoms with Crippen LogP contribution in [0.4, 0.5) is 0 Å². The first-order valence-electron chi connectivity index (χ1n) is 7.18. The summed E-state index contributed by atoms with van der Waals surface area (Å²) in [6.07, 6.45) is 1.57. The van der Waals surface area contributed by atoms with Crippen molar-refractivity contribution in [3.63, 3.8) is 0 Å². The minimum absolute atomic E-state index is 0.217. The van der Waals surface area contributed by atoms with Crippen molar-refractivity contribution in [2.24, 2.45) is 7.05 Å². The van der Waals surface area contributed by atoms with E-state index in [9.17, 15) is 14.4 Å². The Labute approximate surface area is 136 Å². The van der Waals surface area contributed by atoms with Gasteiger partial charge in [0.05, 0.1) is 34.1 Å². The third-order valence-electron chi connectivity index (χ3n) is 3.89. The lowest BCUT2D eigenvalue weighted by Gasteiger charge is -2.13. The van der Waals surface area contributed by atoms with Crippen LogP contribution in [0, 0.1) is 0 Å². The molecule has 0 saturated heterocycles. The highest BCUT2D eigenvalue weighted by atomic mass is 16.7. The Bertz CT molecular complexity index is 987. The highest BCUT2D eigenvalue weighted by molar-refractivity contribution is 6.21. The number of hydroxylamine groups is 2. The first-order valence-corrected chi connectivity index (χ1v) is 7.18. The number of hydrogen-bond donors (Lipinski definition) is 0. The molecule has 0 fully saturated rings. The number of amides is 2. The largest absolute Gasteiger partial charge is 0.366 e. The molecular formula is C17H11N3O4. The van der Waals surface area contributed by atoms with E-state index in [0.717, 1.165) is 0 Å². The number of para-hydroxylation sites is 1. The highest BCUT2D eigenvalue weighted by Crippen LogP contribution is 2.24. The topological polar surface area (TPSA) is 81.5 Å². The number of hydrogen-bond acceptors (Lipinski definition) is 5. The Hall–Kier alpha value is -3.48. The molecular weight excluding hydrogens is 310 g/mol. The molecule has 1 aliphatic heterocycles. The van der Waals surface area contributed by atoms with Crippen molar-refractivity contribution >= 4 is 28.8 Å². The maximum atomic E-state index is 12.5. The van der Waals surface area contributed by atoms with Gasteiger partial charge >= 0.3 is 5.97 Å². The number of carbonyl (C=O) groups is 3. The Morgan fingerprint density at radius 3 is 2.33 bits per heavy atom. The Kier molecular flexibility index (Phi) is 2.96. The van der Waals surface area contributed by atoms with Crippen molar-refractivity contribution in [1.29, 1.82) is 0 Å². The van der Waals surface area contributed by atoms with Crippen molar-refractivity contribution < 1.29 is 19.2 Å². The van der Waals surface area contributed by atoms with Gasteiger partial charge in [0.1, 0.15) is 0 Å². The second kappa shape index (κ2) is 5.02. The summed E-state index contributed by atoms with van der Waals surface area (Å²) in [5, 5.41) is 0.502. The quantitative estimate of drug-likeness (QED) is 0.674. The van der Waals surface area contributed by atoms with E-state index in [4.69, 9.17) is 4.84 Å². The van der Waals surface area contributed by atoms with E-state index in [1.165, 1.54) is 12.1 Å². The number of imidazole rings is 1. The number of imide groups is 1. The number of rotatable bonds is 2. The van der Waals surface area contributed by atoms with E-state index < -0.39 is 17.8 Å². The Morgan fingerprint density at radius 1 is 1.00 bits per heavy atom. The zero-order chi connectivity index (χ0) is 16.8. The second-order valence-electron chi connectivity index (χ2n) is 5.36. The second-order valence-corrected chi connectivity index (χ2v) is 5.36. The summed E-state index contributed by atoms with van der Waals surface area (Å²) >= 11 is 0. The SMILES string of the molecule is Cn1cnc2cccc(C(=O)ON3C(=O)c4ccccc4C3=O)c21. The molecule has 1 aromatic heterocycles. The maximum Gasteiger partial charge on any atom is 0.366 e. The van der Waals surface area contributed by atoms with E-state index in [-0.39, 0.29) is 16.7 Å². The molecule has 0 N–H and O–H groups in total. The van der Waals surface area contributed by atoms with E-state index in [1.54, 1.807) is 48.3 Å². The summed E-state index contributed by atoms with van der Waals surface area (Å²) in [6.45, 7) is 0. The van der Waals surface area contributed by atoms with Crippen molar-refractivity contribution in [3.8, 4) is 0 Å². The summed E-state index contributed by atoms with van der Waals surface area (Å²) in [4.78, 5) is 46.3. The predicted octanol–water partition coefficient (Wildman–Crippen LogP) is 1.94. The third-order valence-corrected chi connectivity index (χ3v) is 3.89. The molecule has 7 nitrogen and oxygen atoms in total. The molecule has 0 aliphatic carbocycles. The average molecular weight is 321 g/mol. The number of aromatic nitrogens is 2. The zero-order valence-corrected chi connectivity index (χ0v) is 12.6. The summed E-state index contributed by atoms with van der Waals surface area (Å²) in [5.41, 5.74) is 1.85. The van der Waals surface area contributed by atoms with Gasteiger partial charge in [-0.2, -0.15) is 0 Å². The van der Waals surface area contributed by atoms with E-state index in [1.807, 2.05) is 0 Å². The van der Waals surface area contributed by atoms with Gasteiger partial charge < -0.3 is 9.40 Å². The van der Waals surface area contributed by atoms with Gasteiger partial charge in [-0.25, -0.2) is 9.78 Å². The molecule has 4 rings (SSSR count). The van der Waals surface area contributed by atoms with Crippen LogP contribution in [0.15, 0.2) is 48.8 Å². The fourth-order valence-electron chi connectivity index (χ4n) is 2.76. The van der Waals surface area contributed by atoms with Crippen LogP contribution in [0.3, 0.4) is 0 Å². The molecule has 1 aliphatic rings. The monoisotopic (exact) mass is 321 g/mol. The first-order chi connectivity index (χ1) is 11.6. The normalized spacial score (nSPS) is 13.5. The van der Waals surface area contributed by atoms with E-state index >= 15 is 0 Å². The molecule has 118 valence electrons.